The molecule has 4 aromatic rings. The number of carbonyl (C=O) groups is 2. The van der Waals surface area contributed by atoms with Gasteiger partial charge in [0.2, 0.25) is 5.91 Å². The molecule has 204 valence electrons. The zero-order valence-electron chi connectivity index (χ0n) is 21.0. The quantitative estimate of drug-likeness (QED) is 0.165. The molecule has 2 N–H and O–H groups in total. The van der Waals surface area contributed by atoms with Crippen LogP contribution < -0.4 is 15.8 Å². The molecular weight excluding hydrogens is 531 g/mol. The van der Waals surface area contributed by atoms with Crippen molar-refractivity contribution in [2.75, 3.05) is 0 Å². The molecule has 0 unspecified atom stereocenters. The van der Waals surface area contributed by atoms with E-state index in [4.69, 9.17) is 9.57 Å². The lowest BCUT2D eigenvalue weighted by atomic mass is 10.1. The minimum atomic E-state index is -4.35. The van der Waals surface area contributed by atoms with Crippen LogP contribution in [0.15, 0.2) is 83.8 Å². The Balaban J connectivity index is 1.56. The Bertz CT molecular complexity index is 1420. The molecule has 0 spiro atoms. The fraction of sp³-hybridized carbons (Fsp3) is 0.214. The van der Waals surface area contributed by atoms with Crippen molar-refractivity contribution in [3.63, 3.8) is 0 Å². The van der Waals surface area contributed by atoms with Gasteiger partial charge in [0.1, 0.15) is 12.4 Å². The standard InChI is InChI=1S/C28H26F3N3O4S/c1-2-6-26(35)32-33-38-27(36)20-11-14-25-21(15-20)16-22(18-37-23-7-4-3-5-8-23)34(25)17-19-9-12-24(13-10-19)39-28(29,30)31/h3-5,7-16,33H,2,6,17-18H2,1H3,(H,32,35). The number of para-hydroxylation sites is 1. The summed E-state index contributed by atoms with van der Waals surface area (Å²) in [4.78, 5) is 29.1. The SMILES string of the molecule is CCCC(=O)NNOC(=O)c1ccc2c(c1)cc(COc1ccccc1)n2Cc1ccc(SC(F)(F)F)cc1. The van der Waals surface area contributed by atoms with Crippen LogP contribution in [0.2, 0.25) is 0 Å². The lowest BCUT2D eigenvalue weighted by Gasteiger charge is -2.13. The second-order valence-corrected chi connectivity index (χ2v) is 9.72. The van der Waals surface area contributed by atoms with Gasteiger partial charge in [0, 0.05) is 28.8 Å². The maximum Gasteiger partial charge on any atom is 0.446 e. The number of rotatable bonds is 11. The molecule has 4 rings (SSSR count). The Morgan fingerprint density at radius 1 is 0.974 bits per heavy atom. The lowest BCUT2D eigenvalue weighted by molar-refractivity contribution is -0.125. The van der Waals surface area contributed by atoms with Gasteiger partial charge in [-0.05, 0) is 72.3 Å². The number of benzene rings is 3. The van der Waals surface area contributed by atoms with Gasteiger partial charge < -0.3 is 14.1 Å². The Labute approximate surface area is 227 Å². The van der Waals surface area contributed by atoms with Gasteiger partial charge in [-0.25, -0.2) is 4.79 Å². The van der Waals surface area contributed by atoms with E-state index in [0.717, 1.165) is 22.2 Å². The highest BCUT2D eigenvalue weighted by Crippen LogP contribution is 2.37. The highest BCUT2D eigenvalue weighted by molar-refractivity contribution is 8.00. The van der Waals surface area contributed by atoms with E-state index in [1.165, 1.54) is 12.1 Å². The third kappa shape index (κ3) is 8.01. The molecule has 0 aliphatic heterocycles. The molecular formula is C28H26F3N3O4S. The highest BCUT2D eigenvalue weighted by atomic mass is 32.2. The second kappa shape index (κ2) is 12.7. The van der Waals surface area contributed by atoms with Gasteiger partial charge in [0.25, 0.3) is 0 Å². The van der Waals surface area contributed by atoms with Crippen molar-refractivity contribution in [2.45, 2.75) is 43.3 Å². The molecule has 0 radical (unpaired) electrons. The smallest absolute Gasteiger partial charge is 0.446 e. The number of hydrogen-bond donors (Lipinski definition) is 2. The third-order valence-corrected chi connectivity index (χ3v) is 6.40. The van der Waals surface area contributed by atoms with Crippen molar-refractivity contribution in [3.8, 4) is 5.75 Å². The number of amides is 1. The number of aromatic nitrogens is 1. The number of fused-ring (bicyclic) bond motifs is 1. The molecule has 3 aromatic carbocycles. The van der Waals surface area contributed by atoms with E-state index in [1.807, 2.05) is 47.9 Å². The van der Waals surface area contributed by atoms with E-state index in [0.29, 0.717) is 25.1 Å². The van der Waals surface area contributed by atoms with Crippen LogP contribution in [0, 0.1) is 0 Å². The maximum atomic E-state index is 12.7. The van der Waals surface area contributed by atoms with Crippen LogP contribution in [0.3, 0.4) is 0 Å². The number of nitrogens with one attached hydrogen (secondary N) is 2. The fourth-order valence-corrected chi connectivity index (χ4v) is 4.43. The predicted molar refractivity (Wildman–Crippen MR) is 142 cm³/mol. The topological polar surface area (TPSA) is 81.6 Å². The number of thioether (sulfide) groups is 1. The molecule has 11 heteroatoms. The summed E-state index contributed by atoms with van der Waals surface area (Å²) in [6.45, 7) is 2.46. The first-order chi connectivity index (χ1) is 18.7. The van der Waals surface area contributed by atoms with Gasteiger partial charge in [0.05, 0.1) is 11.3 Å². The number of ether oxygens (including phenoxy) is 1. The van der Waals surface area contributed by atoms with Crippen LogP contribution in [-0.4, -0.2) is 22.0 Å². The molecule has 0 aliphatic carbocycles. The van der Waals surface area contributed by atoms with Gasteiger partial charge in [-0.2, -0.15) is 13.2 Å². The van der Waals surface area contributed by atoms with Gasteiger partial charge in [-0.15, -0.1) is 0 Å². The summed E-state index contributed by atoms with van der Waals surface area (Å²) in [6.07, 6.45) is 0.948. The summed E-state index contributed by atoms with van der Waals surface area (Å²) in [7, 11) is 0. The zero-order chi connectivity index (χ0) is 27.8. The second-order valence-electron chi connectivity index (χ2n) is 8.58. The minimum Gasteiger partial charge on any atom is -0.487 e. The van der Waals surface area contributed by atoms with E-state index in [1.54, 1.807) is 30.3 Å². The van der Waals surface area contributed by atoms with Crippen LogP contribution in [0.25, 0.3) is 10.9 Å². The van der Waals surface area contributed by atoms with Gasteiger partial charge in [-0.3, -0.25) is 10.2 Å². The van der Waals surface area contributed by atoms with E-state index in [9.17, 15) is 22.8 Å². The van der Waals surface area contributed by atoms with Crippen LogP contribution in [0.4, 0.5) is 13.2 Å². The Kier molecular flexibility index (Phi) is 9.15. The van der Waals surface area contributed by atoms with Crippen LogP contribution >= 0.6 is 11.8 Å². The summed E-state index contributed by atoms with van der Waals surface area (Å²) >= 11 is -0.156. The molecule has 0 bridgehead atoms. The van der Waals surface area contributed by atoms with Crippen LogP contribution in [0.5, 0.6) is 5.75 Å². The van der Waals surface area contributed by atoms with Crippen molar-refractivity contribution in [1.29, 1.82) is 0 Å². The normalized spacial score (nSPS) is 11.4. The Morgan fingerprint density at radius 2 is 1.72 bits per heavy atom. The number of alkyl halides is 3. The lowest BCUT2D eigenvalue weighted by Crippen LogP contribution is -2.38. The maximum absolute atomic E-state index is 12.7. The predicted octanol–water partition coefficient (Wildman–Crippen LogP) is 6.37. The molecule has 1 heterocycles. The Hall–Kier alpha value is -3.96. The number of hydrogen-bond acceptors (Lipinski definition) is 6. The van der Waals surface area contributed by atoms with Crippen molar-refractivity contribution in [2.24, 2.45) is 0 Å². The molecule has 1 aromatic heterocycles. The summed E-state index contributed by atoms with van der Waals surface area (Å²) in [6, 6.07) is 22.4. The molecule has 7 nitrogen and oxygen atoms in total. The molecule has 0 fully saturated rings. The van der Waals surface area contributed by atoms with Crippen LogP contribution in [-0.2, 0) is 22.8 Å². The van der Waals surface area contributed by atoms with Crippen molar-refractivity contribution < 1.29 is 32.3 Å². The third-order valence-electron chi connectivity index (χ3n) is 5.66. The van der Waals surface area contributed by atoms with E-state index < -0.39 is 11.5 Å². The molecule has 0 saturated carbocycles. The first-order valence-electron chi connectivity index (χ1n) is 12.1. The van der Waals surface area contributed by atoms with E-state index in [-0.39, 0.29) is 34.7 Å². The van der Waals surface area contributed by atoms with Gasteiger partial charge in [0.15, 0.2) is 0 Å². The highest BCUT2D eigenvalue weighted by Gasteiger charge is 2.29. The first kappa shape index (κ1) is 28.1. The van der Waals surface area contributed by atoms with Crippen LogP contribution in [0.1, 0.15) is 41.4 Å². The van der Waals surface area contributed by atoms with Gasteiger partial charge in [-0.1, -0.05) is 42.8 Å². The summed E-state index contributed by atoms with van der Waals surface area (Å²) in [5.74, 6) is -0.296. The molecule has 0 atom stereocenters. The van der Waals surface area contributed by atoms with Crippen molar-refractivity contribution >= 4 is 34.5 Å². The largest absolute Gasteiger partial charge is 0.487 e. The summed E-state index contributed by atoms with van der Waals surface area (Å²) in [5, 5.41) is 0.746. The van der Waals surface area contributed by atoms with E-state index >= 15 is 0 Å². The average Bonchev–Trinajstić information content (AvgIpc) is 3.24. The fourth-order valence-electron chi connectivity index (χ4n) is 3.89. The average molecular weight is 558 g/mol. The molecule has 39 heavy (non-hydrogen) atoms. The zero-order valence-corrected chi connectivity index (χ0v) is 21.8. The van der Waals surface area contributed by atoms with E-state index in [2.05, 4.69) is 11.0 Å². The summed E-state index contributed by atoms with van der Waals surface area (Å²) < 4.78 is 46.1. The molecule has 1 amide bonds. The Morgan fingerprint density at radius 3 is 2.41 bits per heavy atom. The molecule has 0 saturated heterocycles. The van der Waals surface area contributed by atoms with Gasteiger partial charge >= 0.3 is 11.5 Å². The summed E-state index contributed by atoms with van der Waals surface area (Å²) in [5.41, 5.74) is 2.79. The minimum absolute atomic E-state index is 0.110. The monoisotopic (exact) mass is 557 g/mol. The first-order valence-corrected chi connectivity index (χ1v) is 12.9. The number of hydrazine groups is 1. The molecule has 0 aliphatic rings. The number of halogens is 3. The number of carbonyl (C=O) groups excluding carboxylic acids is 2. The number of nitrogens with zero attached hydrogens (tertiary/aromatic N) is 1. The van der Waals surface area contributed by atoms with Crippen molar-refractivity contribution in [1.82, 2.24) is 15.6 Å². The van der Waals surface area contributed by atoms with Crippen molar-refractivity contribution in [3.05, 3.63) is 95.7 Å².